The van der Waals surface area contributed by atoms with Gasteiger partial charge in [0.1, 0.15) is 18.2 Å². The lowest BCUT2D eigenvalue weighted by Crippen LogP contribution is -2.25. The molecular weight excluding hydrogens is 267 g/mol. The lowest BCUT2D eigenvalue weighted by Gasteiger charge is -2.19. The van der Waals surface area contributed by atoms with Gasteiger partial charge in [0.2, 0.25) is 0 Å². The number of benzene rings is 1. The van der Waals surface area contributed by atoms with Gasteiger partial charge in [-0.25, -0.2) is 9.37 Å². The van der Waals surface area contributed by atoms with Crippen molar-refractivity contribution in [2.75, 3.05) is 13.1 Å². The van der Waals surface area contributed by atoms with Crippen LogP contribution in [0.25, 0.3) is 11.0 Å². The molecule has 0 spiro atoms. The SMILES string of the molecule is N#CCn1c(CN2CCCCCC2)nc2cc(F)ccc21. The van der Waals surface area contributed by atoms with Crippen molar-refractivity contribution in [3.63, 3.8) is 0 Å². The van der Waals surface area contributed by atoms with Crippen LogP contribution in [0.5, 0.6) is 0 Å². The van der Waals surface area contributed by atoms with E-state index < -0.39 is 0 Å². The summed E-state index contributed by atoms with van der Waals surface area (Å²) in [6, 6.07) is 6.75. The molecule has 3 rings (SSSR count). The molecule has 1 aliphatic heterocycles. The third-order valence-corrected chi connectivity index (χ3v) is 4.08. The standard InChI is InChI=1S/C16H19FN4/c17-13-5-6-15-14(11-13)19-16(21(15)10-7-18)12-20-8-3-1-2-4-9-20/h5-6,11H,1-4,8-10,12H2. The number of hydrogen-bond acceptors (Lipinski definition) is 3. The first-order valence-electron chi connectivity index (χ1n) is 7.52. The Morgan fingerprint density at radius 1 is 1.19 bits per heavy atom. The van der Waals surface area contributed by atoms with Gasteiger partial charge in [-0.1, -0.05) is 12.8 Å². The quantitative estimate of drug-likeness (QED) is 0.871. The summed E-state index contributed by atoms with van der Waals surface area (Å²) < 4.78 is 15.3. The minimum atomic E-state index is -0.287. The number of halogens is 1. The van der Waals surface area contributed by atoms with Crippen LogP contribution in [0.15, 0.2) is 18.2 Å². The summed E-state index contributed by atoms with van der Waals surface area (Å²) in [5.41, 5.74) is 1.47. The first-order chi connectivity index (χ1) is 10.3. The molecule has 110 valence electrons. The van der Waals surface area contributed by atoms with Crippen LogP contribution in [0.1, 0.15) is 31.5 Å². The minimum absolute atomic E-state index is 0.255. The molecule has 0 saturated carbocycles. The fourth-order valence-electron chi connectivity index (χ4n) is 3.01. The molecule has 0 N–H and O–H groups in total. The molecular formula is C16H19FN4. The molecule has 5 heteroatoms. The number of nitrogens with zero attached hydrogens (tertiary/aromatic N) is 4. The zero-order valence-corrected chi connectivity index (χ0v) is 12.1. The number of aromatic nitrogens is 2. The van der Waals surface area contributed by atoms with Gasteiger partial charge in [0, 0.05) is 6.07 Å². The van der Waals surface area contributed by atoms with E-state index in [1.54, 1.807) is 6.07 Å². The summed E-state index contributed by atoms with van der Waals surface area (Å²) in [7, 11) is 0. The minimum Gasteiger partial charge on any atom is -0.313 e. The molecule has 1 aromatic heterocycles. The van der Waals surface area contributed by atoms with Gasteiger partial charge in [-0.05, 0) is 38.1 Å². The molecule has 21 heavy (non-hydrogen) atoms. The van der Waals surface area contributed by atoms with E-state index in [4.69, 9.17) is 5.26 Å². The zero-order valence-electron chi connectivity index (χ0n) is 12.1. The Kier molecular flexibility index (Phi) is 4.16. The molecule has 0 bridgehead atoms. The van der Waals surface area contributed by atoms with Gasteiger partial charge in [-0.15, -0.1) is 0 Å². The highest BCUT2D eigenvalue weighted by Gasteiger charge is 2.16. The molecule has 0 aliphatic carbocycles. The van der Waals surface area contributed by atoms with Crippen LogP contribution in [-0.4, -0.2) is 27.5 Å². The van der Waals surface area contributed by atoms with E-state index in [0.717, 1.165) is 31.0 Å². The summed E-state index contributed by atoms with van der Waals surface area (Å²) in [6.45, 7) is 3.14. The van der Waals surface area contributed by atoms with Crippen molar-refractivity contribution < 1.29 is 4.39 Å². The van der Waals surface area contributed by atoms with Crippen LogP contribution in [0.4, 0.5) is 4.39 Å². The van der Waals surface area contributed by atoms with E-state index in [1.165, 1.54) is 37.8 Å². The van der Waals surface area contributed by atoms with Crippen LogP contribution in [0, 0.1) is 17.1 Å². The highest BCUT2D eigenvalue weighted by atomic mass is 19.1. The topological polar surface area (TPSA) is 44.9 Å². The average Bonchev–Trinajstić information content (AvgIpc) is 2.65. The van der Waals surface area contributed by atoms with Gasteiger partial charge in [0.05, 0.1) is 23.6 Å². The van der Waals surface area contributed by atoms with Crippen molar-refractivity contribution >= 4 is 11.0 Å². The molecule has 1 fully saturated rings. The molecule has 2 aromatic rings. The Hall–Kier alpha value is -1.93. The summed E-state index contributed by atoms with van der Waals surface area (Å²) in [5, 5.41) is 9.04. The number of rotatable bonds is 3. The number of hydrogen-bond donors (Lipinski definition) is 0. The fraction of sp³-hybridized carbons (Fsp3) is 0.500. The van der Waals surface area contributed by atoms with Gasteiger partial charge in [0.15, 0.2) is 0 Å². The monoisotopic (exact) mass is 286 g/mol. The fourth-order valence-corrected chi connectivity index (χ4v) is 3.01. The Labute approximate surface area is 123 Å². The van der Waals surface area contributed by atoms with Crippen molar-refractivity contribution in [1.82, 2.24) is 14.5 Å². The summed E-state index contributed by atoms with van der Waals surface area (Å²) in [4.78, 5) is 6.93. The highest BCUT2D eigenvalue weighted by molar-refractivity contribution is 5.76. The molecule has 2 heterocycles. The van der Waals surface area contributed by atoms with E-state index in [-0.39, 0.29) is 12.4 Å². The molecule has 0 atom stereocenters. The van der Waals surface area contributed by atoms with E-state index in [9.17, 15) is 4.39 Å². The molecule has 1 aromatic carbocycles. The second-order valence-corrected chi connectivity index (χ2v) is 5.60. The van der Waals surface area contributed by atoms with Crippen LogP contribution < -0.4 is 0 Å². The van der Waals surface area contributed by atoms with Crippen molar-refractivity contribution in [1.29, 1.82) is 5.26 Å². The third kappa shape index (κ3) is 3.06. The maximum Gasteiger partial charge on any atom is 0.125 e. The Balaban J connectivity index is 1.92. The van der Waals surface area contributed by atoms with Crippen molar-refractivity contribution in [2.45, 2.75) is 38.8 Å². The van der Waals surface area contributed by atoms with Gasteiger partial charge in [0.25, 0.3) is 0 Å². The lowest BCUT2D eigenvalue weighted by atomic mass is 10.2. The zero-order chi connectivity index (χ0) is 14.7. The maximum absolute atomic E-state index is 13.4. The largest absolute Gasteiger partial charge is 0.313 e. The summed E-state index contributed by atoms with van der Waals surface area (Å²) >= 11 is 0. The van der Waals surface area contributed by atoms with Gasteiger partial charge in [-0.3, -0.25) is 4.90 Å². The molecule has 1 saturated heterocycles. The van der Waals surface area contributed by atoms with Gasteiger partial charge >= 0.3 is 0 Å². The van der Waals surface area contributed by atoms with Crippen molar-refractivity contribution in [3.05, 3.63) is 29.8 Å². The predicted octanol–water partition coefficient (Wildman–Crippen LogP) is 3.07. The Morgan fingerprint density at radius 2 is 1.95 bits per heavy atom. The molecule has 0 radical (unpaired) electrons. The lowest BCUT2D eigenvalue weighted by molar-refractivity contribution is 0.267. The number of nitriles is 1. The highest BCUT2D eigenvalue weighted by Crippen LogP contribution is 2.20. The Bertz CT molecular complexity index is 663. The van der Waals surface area contributed by atoms with E-state index in [0.29, 0.717) is 5.52 Å². The molecule has 0 amide bonds. The van der Waals surface area contributed by atoms with Crippen LogP contribution in [0.3, 0.4) is 0 Å². The van der Waals surface area contributed by atoms with Crippen LogP contribution in [0.2, 0.25) is 0 Å². The predicted molar refractivity (Wildman–Crippen MR) is 79.0 cm³/mol. The van der Waals surface area contributed by atoms with Gasteiger partial charge < -0.3 is 4.57 Å². The second-order valence-electron chi connectivity index (χ2n) is 5.60. The van der Waals surface area contributed by atoms with E-state index in [1.807, 2.05) is 4.57 Å². The van der Waals surface area contributed by atoms with Crippen molar-refractivity contribution in [2.24, 2.45) is 0 Å². The van der Waals surface area contributed by atoms with Crippen LogP contribution in [-0.2, 0) is 13.1 Å². The molecule has 0 unspecified atom stereocenters. The van der Waals surface area contributed by atoms with Crippen molar-refractivity contribution in [3.8, 4) is 6.07 Å². The summed E-state index contributed by atoms with van der Waals surface area (Å²) in [5.74, 6) is 0.574. The number of fused-ring (bicyclic) bond motifs is 1. The first-order valence-corrected chi connectivity index (χ1v) is 7.52. The van der Waals surface area contributed by atoms with E-state index in [2.05, 4.69) is 16.0 Å². The van der Waals surface area contributed by atoms with Gasteiger partial charge in [-0.2, -0.15) is 5.26 Å². The third-order valence-electron chi connectivity index (χ3n) is 4.08. The van der Waals surface area contributed by atoms with Crippen LogP contribution >= 0.6 is 0 Å². The normalized spacial score (nSPS) is 16.8. The molecule has 4 nitrogen and oxygen atoms in total. The maximum atomic E-state index is 13.4. The smallest absolute Gasteiger partial charge is 0.125 e. The first kappa shape index (κ1) is 14.0. The molecule has 1 aliphatic rings. The average molecular weight is 286 g/mol. The second kappa shape index (κ2) is 6.23. The Morgan fingerprint density at radius 3 is 2.67 bits per heavy atom. The summed E-state index contributed by atoms with van der Waals surface area (Å²) in [6.07, 6.45) is 5.01. The van der Waals surface area contributed by atoms with E-state index >= 15 is 0 Å². The number of likely N-dealkylation sites (tertiary alicyclic amines) is 1. The number of imidazole rings is 1.